The van der Waals surface area contributed by atoms with Gasteiger partial charge in [0.1, 0.15) is 22.8 Å². The summed E-state index contributed by atoms with van der Waals surface area (Å²) < 4.78 is 11.4. The number of hydrogen-bond donors (Lipinski definition) is 0. The highest BCUT2D eigenvalue weighted by molar-refractivity contribution is 5.75. The molecule has 0 radical (unpaired) electrons. The summed E-state index contributed by atoms with van der Waals surface area (Å²) in [6.45, 7) is 0. The average molecular weight is 400 g/mol. The Labute approximate surface area is 175 Å². The molecule has 0 bridgehead atoms. The fourth-order valence-corrected chi connectivity index (χ4v) is 4.29. The lowest BCUT2D eigenvalue weighted by Crippen LogP contribution is -2.04. The van der Waals surface area contributed by atoms with Crippen LogP contribution in [-0.2, 0) is 14.1 Å². The smallest absolute Gasteiger partial charge is 0.146 e. The lowest BCUT2D eigenvalue weighted by Gasteiger charge is -2.08. The van der Waals surface area contributed by atoms with Crippen LogP contribution in [0.3, 0.4) is 0 Å². The molecule has 1 fully saturated rings. The second-order valence-corrected chi connectivity index (χ2v) is 7.84. The molecule has 30 heavy (non-hydrogen) atoms. The van der Waals surface area contributed by atoms with Gasteiger partial charge in [-0.05, 0) is 24.8 Å². The SMILES string of the molecule is COc1cc(-c2cnn(C)c2)cn2ncc(C#Cc3cnc(C4CCCC4)n3C)c12. The van der Waals surface area contributed by atoms with E-state index in [1.165, 1.54) is 25.7 Å². The van der Waals surface area contributed by atoms with Gasteiger partial charge in [-0.25, -0.2) is 9.50 Å². The number of ether oxygens (including phenoxy) is 1. The topological polar surface area (TPSA) is 62.2 Å². The predicted octanol–water partition coefficient (Wildman–Crippen LogP) is 3.53. The highest BCUT2D eigenvalue weighted by Gasteiger charge is 2.21. The first-order valence-electron chi connectivity index (χ1n) is 10.2. The zero-order chi connectivity index (χ0) is 20.7. The van der Waals surface area contributed by atoms with Gasteiger partial charge in [-0.3, -0.25) is 4.68 Å². The molecule has 0 spiro atoms. The number of aryl methyl sites for hydroxylation is 1. The van der Waals surface area contributed by atoms with Gasteiger partial charge in [0.25, 0.3) is 0 Å². The quantitative estimate of drug-likeness (QED) is 0.494. The zero-order valence-corrected chi connectivity index (χ0v) is 17.5. The van der Waals surface area contributed by atoms with E-state index in [9.17, 15) is 0 Å². The summed E-state index contributed by atoms with van der Waals surface area (Å²) in [7, 11) is 5.63. The summed E-state index contributed by atoms with van der Waals surface area (Å²) in [5.41, 5.74) is 4.60. The molecular weight excluding hydrogens is 376 g/mol. The minimum absolute atomic E-state index is 0.563. The first kappa shape index (κ1) is 18.5. The molecule has 0 aromatic carbocycles. The monoisotopic (exact) mass is 400 g/mol. The maximum atomic E-state index is 5.67. The zero-order valence-electron chi connectivity index (χ0n) is 17.5. The molecule has 0 saturated heterocycles. The lowest BCUT2D eigenvalue weighted by molar-refractivity contribution is 0.417. The van der Waals surface area contributed by atoms with Crippen LogP contribution in [-0.4, -0.2) is 36.1 Å². The largest absolute Gasteiger partial charge is 0.494 e. The summed E-state index contributed by atoms with van der Waals surface area (Å²) in [5.74, 6) is 9.00. The second-order valence-electron chi connectivity index (χ2n) is 7.84. The van der Waals surface area contributed by atoms with E-state index in [2.05, 4.69) is 38.6 Å². The first-order valence-corrected chi connectivity index (χ1v) is 10.2. The van der Waals surface area contributed by atoms with Gasteiger partial charge in [0, 0.05) is 43.5 Å². The molecule has 0 aliphatic heterocycles. The van der Waals surface area contributed by atoms with Crippen molar-refractivity contribution in [2.75, 3.05) is 7.11 Å². The number of imidazole rings is 1. The molecule has 4 aromatic heterocycles. The Balaban J connectivity index is 1.52. The normalized spacial score (nSPS) is 14.2. The molecule has 1 aliphatic carbocycles. The van der Waals surface area contributed by atoms with Gasteiger partial charge in [0.05, 0.1) is 31.3 Å². The summed E-state index contributed by atoms with van der Waals surface area (Å²) in [5, 5.41) is 8.76. The van der Waals surface area contributed by atoms with Crippen LogP contribution in [0.4, 0.5) is 0 Å². The van der Waals surface area contributed by atoms with E-state index in [1.54, 1.807) is 18.0 Å². The van der Waals surface area contributed by atoms with E-state index in [1.807, 2.05) is 42.4 Å². The maximum Gasteiger partial charge on any atom is 0.146 e. The van der Waals surface area contributed by atoms with Crippen molar-refractivity contribution in [2.24, 2.45) is 14.1 Å². The number of pyridine rings is 1. The Morgan fingerprint density at radius 3 is 2.57 bits per heavy atom. The maximum absolute atomic E-state index is 5.67. The Morgan fingerprint density at radius 1 is 1.00 bits per heavy atom. The number of nitrogens with zero attached hydrogens (tertiary/aromatic N) is 6. The molecule has 1 saturated carbocycles. The minimum Gasteiger partial charge on any atom is -0.494 e. The van der Waals surface area contributed by atoms with Crippen molar-refractivity contribution < 1.29 is 4.74 Å². The Morgan fingerprint density at radius 2 is 1.83 bits per heavy atom. The van der Waals surface area contributed by atoms with Gasteiger partial charge in [-0.1, -0.05) is 18.8 Å². The molecule has 7 heteroatoms. The number of fused-ring (bicyclic) bond motifs is 1. The van der Waals surface area contributed by atoms with Crippen molar-refractivity contribution in [3.8, 4) is 28.7 Å². The van der Waals surface area contributed by atoms with Crippen LogP contribution >= 0.6 is 0 Å². The third kappa shape index (κ3) is 3.14. The molecule has 4 aromatic rings. The molecule has 7 nitrogen and oxygen atoms in total. The van der Waals surface area contributed by atoms with Crippen molar-refractivity contribution in [2.45, 2.75) is 31.6 Å². The Bertz CT molecular complexity index is 1280. The fraction of sp³-hybridized carbons (Fsp3) is 0.348. The third-order valence-corrected chi connectivity index (χ3v) is 5.90. The molecule has 152 valence electrons. The van der Waals surface area contributed by atoms with Crippen LogP contribution in [0.1, 0.15) is 48.7 Å². The summed E-state index contributed by atoms with van der Waals surface area (Å²) >= 11 is 0. The van der Waals surface area contributed by atoms with Crippen LogP contribution in [0.15, 0.2) is 37.1 Å². The van der Waals surface area contributed by atoms with Crippen LogP contribution < -0.4 is 4.74 Å². The van der Waals surface area contributed by atoms with Gasteiger partial charge in [0.15, 0.2) is 0 Å². The molecule has 0 unspecified atom stereocenters. The van der Waals surface area contributed by atoms with Crippen LogP contribution in [0.5, 0.6) is 5.75 Å². The average Bonchev–Trinajstić information content (AvgIpc) is 3.53. The first-order chi connectivity index (χ1) is 14.6. The Kier molecular flexibility index (Phi) is 4.55. The van der Waals surface area contributed by atoms with Gasteiger partial charge in [-0.2, -0.15) is 10.2 Å². The standard InChI is InChI=1S/C23H24N6O/c1-27-14-19(12-25-27)18-10-21(30-3)22-17(11-26-29(22)15-18)8-9-20-13-24-23(28(20)2)16-6-4-5-7-16/h10-16H,4-7H2,1-3H3. The van der Waals surface area contributed by atoms with Gasteiger partial charge in [-0.15, -0.1) is 0 Å². The highest BCUT2D eigenvalue weighted by Crippen LogP contribution is 2.33. The molecule has 0 atom stereocenters. The fourth-order valence-electron chi connectivity index (χ4n) is 4.29. The van der Waals surface area contributed by atoms with E-state index >= 15 is 0 Å². The molecule has 0 N–H and O–H groups in total. The minimum atomic E-state index is 0.563. The van der Waals surface area contributed by atoms with Crippen LogP contribution in [0.25, 0.3) is 16.6 Å². The predicted molar refractivity (Wildman–Crippen MR) is 114 cm³/mol. The third-order valence-electron chi connectivity index (χ3n) is 5.90. The van der Waals surface area contributed by atoms with Crippen molar-refractivity contribution in [3.63, 3.8) is 0 Å². The van der Waals surface area contributed by atoms with E-state index in [0.717, 1.165) is 39.5 Å². The lowest BCUT2D eigenvalue weighted by atomic mass is 10.1. The summed E-state index contributed by atoms with van der Waals surface area (Å²) in [4.78, 5) is 4.65. The molecule has 0 amide bonds. The Hall–Kier alpha value is -3.53. The van der Waals surface area contributed by atoms with Crippen molar-refractivity contribution in [1.82, 2.24) is 28.9 Å². The summed E-state index contributed by atoms with van der Waals surface area (Å²) in [6, 6.07) is 2.00. The van der Waals surface area contributed by atoms with Crippen LogP contribution in [0, 0.1) is 11.8 Å². The van der Waals surface area contributed by atoms with Gasteiger partial charge >= 0.3 is 0 Å². The van der Waals surface area contributed by atoms with Crippen LogP contribution in [0.2, 0.25) is 0 Å². The van der Waals surface area contributed by atoms with E-state index in [-0.39, 0.29) is 0 Å². The van der Waals surface area contributed by atoms with E-state index < -0.39 is 0 Å². The van der Waals surface area contributed by atoms with E-state index in [4.69, 9.17) is 4.74 Å². The van der Waals surface area contributed by atoms with Crippen molar-refractivity contribution in [3.05, 3.63) is 54.1 Å². The van der Waals surface area contributed by atoms with Gasteiger partial charge in [0.2, 0.25) is 0 Å². The number of hydrogen-bond acceptors (Lipinski definition) is 4. The molecule has 1 aliphatic rings. The molecule has 4 heterocycles. The highest BCUT2D eigenvalue weighted by atomic mass is 16.5. The summed E-state index contributed by atoms with van der Waals surface area (Å²) in [6.07, 6.45) is 14.5. The molecule has 5 rings (SSSR count). The van der Waals surface area contributed by atoms with E-state index in [0.29, 0.717) is 5.92 Å². The van der Waals surface area contributed by atoms with Crippen molar-refractivity contribution >= 4 is 5.52 Å². The van der Waals surface area contributed by atoms with Gasteiger partial charge < -0.3 is 9.30 Å². The molecular formula is C23H24N6O. The number of rotatable bonds is 3. The van der Waals surface area contributed by atoms with Crippen molar-refractivity contribution in [1.29, 1.82) is 0 Å². The number of methoxy groups -OCH3 is 1. The number of aromatic nitrogens is 6. The second kappa shape index (κ2) is 7.38.